The summed E-state index contributed by atoms with van der Waals surface area (Å²) in [6.45, 7) is 0. The molecule has 0 amide bonds. The maximum Gasteiger partial charge on any atom is 0.270 e. The summed E-state index contributed by atoms with van der Waals surface area (Å²) in [6.07, 6.45) is 1.12. The van der Waals surface area contributed by atoms with Gasteiger partial charge < -0.3 is 14.8 Å². The zero-order valence-electron chi connectivity index (χ0n) is 16.6. The van der Waals surface area contributed by atoms with Gasteiger partial charge in [0.05, 0.1) is 25.7 Å². The minimum atomic E-state index is -0.534. The van der Waals surface area contributed by atoms with Crippen LogP contribution in [0.5, 0.6) is 11.5 Å². The van der Waals surface area contributed by atoms with Crippen molar-refractivity contribution in [3.05, 3.63) is 73.3 Å². The van der Waals surface area contributed by atoms with Crippen LogP contribution in [0.2, 0.25) is 0 Å². The Morgan fingerprint density at radius 3 is 2.63 bits per heavy atom. The van der Waals surface area contributed by atoms with Crippen molar-refractivity contribution in [2.45, 2.75) is 24.7 Å². The van der Waals surface area contributed by atoms with Crippen molar-refractivity contribution in [2.75, 3.05) is 19.5 Å². The van der Waals surface area contributed by atoms with E-state index in [0.717, 1.165) is 11.3 Å². The van der Waals surface area contributed by atoms with E-state index in [0.29, 0.717) is 41.3 Å². The molecule has 7 nitrogen and oxygen atoms in total. The monoisotopic (exact) mass is 423 g/mol. The zero-order valence-corrected chi connectivity index (χ0v) is 17.4. The molecule has 3 heterocycles. The molecule has 2 atom stereocenters. The van der Waals surface area contributed by atoms with Crippen LogP contribution in [0.15, 0.2) is 51.8 Å². The largest absolute Gasteiger partial charge is 0.493 e. The van der Waals surface area contributed by atoms with Gasteiger partial charge in [-0.2, -0.15) is 0 Å². The number of Topliss-reactive ketones (excluding diaryl/α,β-unsaturated/α-hetero) is 1. The average Bonchev–Trinajstić information content (AvgIpc) is 3.42. The number of aromatic amines is 2. The Hall–Kier alpha value is -3.26. The van der Waals surface area contributed by atoms with E-state index in [4.69, 9.17) is 9.47 Å². The Labute approximate surface area is 176 Å². The first-order valence-corrected chi connectivity index (χ1v) is 10.6. The highest BCUT2D eigenvalue weighted by Gasteiger charge is 2.42. The fourth-order valence-electron chi connectivity index (χ4n) is 4.60. The van der Waals surface area contributed by atoms with Gasteiger partial charge in [0, 0.05) is 34.0 Å². The molecule has 5 rings (SSSR count). The van der Waals surface area contributed by atoms with E-state index in [1.54, 1.807) is 31.6 Å². The molecule has 0 saturated heterocycles. The average molecular weight is 423 g/mol. The highest BCUT2D eigenvalue weighted by molar-refractivity contribution is 7.10. The number of allylic oxidation sites excluding steroid dienone is 2. The third kappa shape index (κ3) is 2.79. The smallest absolute Gasteiger partial charge is 0.270 e. The molecule has 0 fully saturated rings. The molecule has 8 heteroatoms. The number of fused-ring (bicyclic) bond motifs is 1. The Bertz CT molecular complexity index is 1210. The Morgan fingerprint density at radius 1 is 1.03 bits per heavy atom. The molecule has 154 valence electrons. The number of carbonyl (C=O) groups excluding carboxylic acids is 1. The summed E-state index contributed by atoms with van der Waals surface area (Å²) >= 11 is 1.67. The van der Waals surface area contributed by atoms with Crippen LogP contribution in [0.3, 0.4) is 0 Å². The molecule has 0 bridgehead atoms. The number of hydrogen-bond donors (Lipinski definition) is 3. The Kier molecular flexibility index (Phi) is 4.51. The fraction of sp³-hybridized carbons (Fsp3) is 0.273. The van der Waals surface area contributed by atoms with Gasteiger partial charge in [-0.05, 0) is 23.9 Å². The van der Waals surface area contributed by atoms with Crippen LogP contribution in [-0.2, 0) is 4.79 Å². The molecule has 2 aromatic heterocycles. The van der Waals surface area contributed by atoms with Crippen LogP contribution in [-0.4, -0.2) is 30.2 Å². The van der Waals surface area contributed by atoms with Gasteiger partial charge in [-0.25, -0.2) is 0 Å². The second-order valence-corrected chi connectivity index (χ2v) is 8.42. The van der Waals surface area contributed by atoms with E-state index in [1.165, 1.54) is 4.88 Å². The van der Waals surface area contributed by atoms with Crippen LogP contribution in [0.1, 0.15) is 40.7 Å². The predicted molar refractivity (Wildman–Crippen MR) is 115 cm³/mol. The number of ketones is 1. The number of ether oxygens (including phenoxy) is 2. The fourth-order valence-corrected chi connectivity index (χ4v) is 5.43. The number of nitrogens with one attached hydrogen (secondary N) is 3. The molecule has 3 N–H and O–H groups in total. The summed E-state index contributed by atoms with van der Waals surface area (Å²) in [7, 11) is 3.14. The molecule has 2 aliphatic rings. The van der Waals surface area contributed by atoms with Gasteiger partial charge in [0.2, 0.25) is 0 Å². The van der Waals surface area contributed by atoms with Crippen molar-refractivity contribution < 1.29 is 14.3 Å². The molecule has 0 radical (unpaired) electrons. The minimum absolute atomic E-state index is 0.0447. The van der Waals surface area contributed by atoms with E-state index in [2.05, 4.69) is 21.6 Å². The van der Waals surface area contributed by atoms with Crippen LogP contribution in [0.25, 0.3) is 0 Å². The summed E-state index contributed by atoms with van der Waals surface area (Å²) in [5.41, 5.74) is 2.45. The topological polar surface area (TPSA) is 96.2 Å². The summed E-state index contributed by atoms with van der Waals surface area (Å²) in [5, 5.41) is 10.9. The summed E-state index contributed by atoms with van der Waals surface area (Å²) < 4.78 is 11.1. The van der Waals surface area contributed by atoms with Crippen LogP contribution in [0.4, 0.5) is 5.82 Å². The number of aromatic nitrogens is 2. The van der Waals surface area contributed by atoms with Gasteiger partial charge in [0.15, 0.2) is 17.3 Å². The summed E-state index contributed by atoms with van der Waals surface area (Å²) in [6, 6.07) is 9.62. The number of methoxy groups -OCH3 is 2. The van der Waals surface area contributed by atoms with Crippen molar-refractivity contribution in [2.24, 2.45) is 0 Å². The van der Waals surface area contributed by atoms with Crippen molar-refractivity contribution in [1.82, 2.24) is 10.2 Å². The summed E-state index contributed by atoms with van der Waals surface area (Å²) in [5.74, 6) is 1.32. The van der Waals surface area contributed by atoms with E-state index < -0.39 is 5.92 Å². The lowest BCUT2D eigenvalue weighted by Gasteiger charge is -2.34. The van der Waals surface area contributed by atoms with Crippen LogP contribution >= 0.6 is 11.3 Å². The normalized spacial score (nSPS) is 20.4. The van der Waals surface area contributed by atoms with E-state index in [1.807, 2.05) is 23.6 Å². The number of carbonyl (C=O) groups is 1. The first kappa shape index (κ1) is 18.7. The van der Waals surface area contributed by atoms with Gasteiger partial charge in [-0.1, -0.05) is 18.2 Å². The van der Waals surface area contributed by atoms with Gasteiger partial charge in [0.1, 0.15) is 5.82 Å². The lowest BCUT2D eigenvalue weighted by atomic mass is 9.73. The quantitative estimate of drug-likeness (QED) is 0.594. The lowest BCUT2D eigenvalue weighted by molar-refractivity contribution is -0.116. The maximum atomic E-state index is 13.4. The molecule has 1 aliphatic carbocycles. The van der Waals surface area contributed by atoms with Gasteiger partial charge in [-0.15, -0.1) is 11.3 Å². The molecule has 1 aliphatic heterocycles. The molecule has 3 aromatic rings. The number of rotatable bonds is 4. The van der Waals surface area contributed by atoms with E-state index in [-0.39, 0.29) is 17.3 Å². The predicted octanol–water partition coefficient (Wildman–Crippen LogP) is 3.74. The molecular formula is C22H21N3O4S. The Balaban J connectivity index is 1.70. The third-order valence-electron chi connectivity index (χ3n) is 5.87. The lowest BCUT2D eigenvalue weighted by Crippen LogP contribution is -2.31. The van der Waals surface area contributed by atoms with Crippen molar-refractivity contribution in [3.63, 3.8) is 0 Å². The number of para-hydroxylation sites is 1. The molecule has 0 saturated carbocycles. The molecule has 30 heavy (non-hydrogen) atoms. The number of anilines is 1. The van der Waals surface area contributed by atoms with Crippen LogP contribution in [0, 0.1) is 0 Å². The van der Waals surface area contributed by atoms with Gasteiger partial charge in [0.25, 0.3) is 5.56 Å². The van der Waals surface area contributed by atoms with Crippen LogP contribution < -0.4 is 20.3 Å². The van der Waals surface area contributed by atoms with Crippen molar-refractivity contribution in [1.29, 1.82) is 0 Å². The molecular weight excluding hydrogens is 402 g/mol. The van der Waals surface area contributed by atoms with Crippen molar-refractivity contribution >= 4 is 22.9 Å². The second-order valence-electron chi connectivity index (χ2n) is 7.44. The third-order valence-corrected chi connectivity index (χ3v) is 6.90. The molecule has 1 aromatic carbocycles. The van der Waals surface area contributed by atoms with Gasteiger partial charge in [-0.3, -0.25) is 19.8 Å². The first-order valence-electron chi connectivity index (χ1n) is 9.70. The standard InChI is InChI=1S/C22H21N3O4S/c1-28-15-6-3-5-12(20(15)29-2)17-18-13(23-21-19(17)22(27)25-24-21)9-11(10-14(18)26)16-7-4-8-30-16/h3-8,11,17H,9-10H2,1-2H3,(H3,23,24,25,27)/t11-,17-/m1/s1. The zero-order chi connectivity index (χ0) is 20.8. The van der Waals surface area contributed by atoms with Gasteiger partial charge >= 0.3 is 0 Å². The number of thiophene rings is 1. The minimum Gasteiger partial charge on any atom is -0.493 e. The van der Waals surface area contributed by atoms with E-state index >= 15 is 0 Å². The van der Waals surface area contributed by atoms with Crippen molar-refractivity contribution in [3.8, 4) is 11.5 Å². The SMILES string of the molecule is COc1cccc([C@@H]2C3=C(C[C@@H](c4cccs4)CC3=O)Nc3[nH][nH]c(=O)c32)c1OC. The number of H-pyrrole nitrogens is 2. The molecule has 0 unspecified atom stereocenters. The molecule has 0 spiro atoms. The Morgan fingerprint density at radius 2 is 1.90 bits per heavy atom. The highest BCUT2D eigenvalue weighted by Crippen LogP contribution is 2.50. The number of benzene rings is 1. The second kappa shape index (κ2) is 7.21. The number of hydrogen-bond acceptors (Lipinski definition) is 6. The summed E-state index contributed by atoms with van der Waals surface area (Å²) in [4.78, 5) is 27.3. The highest BCUT2D eigenvalue weighted by atomic mass is 32.1. The van der Waals surface area contributed by atoms with E-state index in [9.17, 15) is 9.59 Å². The first-order chi connectivity index (χ1) is 14.6. The maximum absolute atomic E-state index is 13.4.